The molecule has 3 unspecified atom stereocenters. The van der Waals surface area contributed by atoms with Crippen LogP contribution < -0.4 is 15.4 Å². The molecule has 32 heavy (non-hydrogen) atoms. The number of carbonyl (C=O) groups excluding carboxylic acids is 2. The van der Waals surface area contributed by atoms with E-state index in [0.717, 1.165) is 5.56 Å². The highest BCUT2D eigenvalue weighted by molar-refractivity contribution is 7.89. The zero-order valence-corrected chi connectivity index (χ0v) is 18.6. The Hall–Kier alpha value is -2.75. The van der Waals surface area contributed by atoms with Crippen molar-refractivity contribution >= 4 is 21.8 Å². The number of nitrogens with one attached hydrogen (secondary N) is 3. The van der Waals surface area contributed by atoms with Crippen molar-refractivity contribution in [1.82, 2.24) is 20.3 Å². The van der Waals surface area contributed by atoms with Crippen molar-refractivity contribution in [3.63, 3.8) is 0 Å². The zero-order valence-electron chi connectivity index (χ0n) is 17.7. The van der Waals surface area contributed by atoms with Gasteiger partial charge in [-0.05, 0) is 30.5 Å². The number of carbonyl (C=O) groups is 2. The minimum Gasteiger partial charge on any atom is -0.353 e. The van der Waals surface area contributed by atoms with Crippen LogP contribution in [0.5, 0.6) is 0 Å². The molecule has 2 amide bonds. The van der Waals surface area contributed by atoms with Gasteiger partial charge < -0.3 is 10.6 Å². The molecule has 2 aromatic rings. The summed E-state index contributed by atoms with van der Waals surface area (Å²) >= 11 is 0. The largest absolute Gasteiger partial charge is 0.353 e. The van der Waals surface area contributed by atoms with E-state index in [1.165, 1.54) is 0 Å². The van der Waals surface area contributed by atoms with E-state index in [-0.39, 0.29) is 34.8 Å². The number of amides is 2. The molecule has 0 aliphatic carbocycles. The molecule has 2 aromatic carbocycles. The van der Waals surface area contributed by atoms with Gasteiger partial charge in [0.25, 0.3) is 0 Å². The molecule has 0 aromatic heterocycles. The lowest BCUT2D eigenvalue weighted by molar-refractivity contribution is -0.129. The average Bonchev–Trinajstić information content (AvgIpc) is 3.22. The molecule has 4 rings (SSSR count). The van der Waals surface area contributed by atoms with E-state index in [1.54, 1.807) is 30.3 Å². The molecule has 0 spiro atoms. The lowest BCUT2D eigenvalue weighted by Gasteiger charge is -2.37. The van der Waals surface area contributed by atoms with E-state index in [4.69, 9.17) is 0 Å². The highest BCUT2D eigenvalue weighted by Gasteiger charge is 2.44. The molecule has 2 heterocycles. The maximum absolute atomic E-state index is 12.7. The number of benzene rings is 2. The van der Waals surface area contributed by atoms with Gasteiger partial charge in [-0.3, -0.25) is 14.5 Å². The van der Waals surface area contributed by atoms with Gasteiger partial charge in [0.1, 0.15) is 0 Å². The quantitative estimate of drug-likeness (QED) is 0.549. The standard InChI is InChI=1S/C23H28N4O4S/c28-22(24-14-17-7-3-1-4-8-17)12-11-19-15-25-23(29)21-13-18(16-27(19)21)26-32(30,31)20-9-5-2-6-10-20/h1-10,18-19,21,26H,11-16H2,(H,24,28)(H,25,29). The van der Waals surface area contributed by atoms with Crippen LogP contribution in [0, 0.1) is 0 Å². The molecular weight excluding hydrogens is 428 g/mol. The van der Waals surface area contributed by atoms with Crippen LogP contribution >= 0.6 is 0 Å². The maximum Gasteiger partial charge on any atom is 0.240 e. The summed E-state index contributed by atoms with van der Waals surface area (Å²) in [4.78, 5) is 27.0. The van der Waals surface area contributed by atoms with Crippen molar-refractivity contribution in [2.24, 2.45) is 0 Å². The molecule has 2 fully saturated rings. The highest BCUT2D eigenvalue weighted by Crippen LogP contribution is 2.26. The fraction of sp³-hybridized carbons (Fsp3) is 0.391. The van der Waals surface area contributed by atoms with Gasteiger partial charge in [-0.2, -0.15) is 0 Å². The SMILES string of the molecule is O=C(CCC1CNC(=O)C2CC(NS(=O)(=O)c3ccccc3)CN12)NCc1ccccc1. The van der Waals surface area contributed by atoms with Crippen LogP contribution in [0.3, 0.4) is 0 Å². The van der Waals surface area contributed by atoms with Crippen LogP contribution in [-0.4, -0.2) is 56.3 Å². The van der Waals surface area contributed by atoms with Gasteiger partial charge in [0.05, 0.1) is 10.9 Å². The van der Waals surface area contributed by atoms with Crippen molar-refractivity contribution in [2.45, 2.75) is 48.8 Å². The molecule has 3 atom stereocenters. The molecular formula is C23H28N4O4S. The zero-order chi connectivity index (χ0) is 22.6. The van der Waals surface area contributed by atoms with Crippen molar-refractivity contribution in [2.75, 3.05) is 13.1 Å². The molecule has 0 radical (unpaired) electrons. The van der Waals surface area contributed by atoms with Gasteiger partial charge in [-0.15, -0.1) is 0 Å². The van der Waals surface area contributed by atoms with Gasteiger partial charge in [-0.25, -0.2) is 13.1 Å². The topological polar surface area (TPSA) is 108 Å². The monoisotopic (exact) mass is 456 g/mol. The molecule has 2 aliphatic rings. The van der Waals surface area contributed by atoms with E-state index in [9.17, 15) is 18.0 Å². The van der Waals surface area contributed by atoms with Gasteiger partial charge >= 0.3 is 0 Å². The first-order valence-corrected chi connectivity index (χ1v) is 12.3. The first-order chi connectivity index (χ1) is 15.4. The van der Waals surface area contributed by atoms with Crippen molar-refractivity contribution < 1.29 is 18.0 Å². The number of piperazine rings is 1. The fourth-order valence-corrected chi connectivity index (χ4v) is 5.66. The first kappa shape index (κ1) is 22.4. The van der Waals surface area contributed by atoms with Gasteiger partial charge in [0.15, 0.2) is 0 Å². The van der Waals surface area contributed by atoms with E-state index in [1.807, 2.05) is 35.2 Å². The maximum atomic E-state index is 12.7. The number of sulfonamides is 1. The Morgan fingerprint density at radius 2 is 1.75 bits per heavy atom. The number of hydrogen-bond donors (Lipinski definition) is 3. The van der Waals surface area contributed by atoms with Crippen molar-refractivity contribution in [3.05, 3.63) is 66.2 Å². The third kappa shape index (κ3) is 5.35. The summed E-state index contributed by atoms with van der Waals surface area (Å²) in [5, 5.41) is 5.84. The highest BCUT2D eigenvalue weighted by atomic mass is 32.2. The van der Waals surface area contributed by atoms with Crippen LogP contribution in [0.1, 0.15) is 24.8 Å². The Morgan fingerprint density at radius 1 is 1.06 bits per heavy atom. The normalized spacial score (nSPS) is 23.4. The summed E-state index contributed by atoms with van der Waals surface area (Å²) in [5.41, 5.74) is 1.04. The molecule has 3 N–H and O–H groups in total. The van der Waals surface area contributed by atoms with Gasteiger partial charge in [0, 0.05) is 38.1 Å². The fourth-order valence-electron chi connectivity index (χ4n) is 4.40. The molecule has 9 heteroatoms. The minimum atomic E-state index is -3.65. The van der Waals surface area contributed by atoms with Crippen LogP contribution in [0.4, 0.5) is 0 Å². The Morgan fingerprint density at radius 3 is 2.47 bits per heavy atom. The Bertz CT molecular complexity index is 1050. The molecule has 2 aliphatic heterocycles. The second kappa shape index (κ2) is 9.81. The summed E-state index contributed by atoms with van der Waals surface area (Å²) in [6, 6.07) is 17.2. The second-order valence-electron chi connectivity index (χ2n) is 8.28. The first-order valence-electron chi connectivity index (χ1n) is 10.8. The predicted octanol–water partition coefficient (Wildman–Crippen LogP) is 1.00. The smallest absolute Gasteiger partial charge is 0.240 e. The van der Waals surface area contributed by atoms with E-state index in [0.29, 0.717) is 38.9 Å². The Labute approximate surface area is 188 Å². The number of rotatable bonds is 8. The molecule has 0 bridgehead atoms. The van der Waals surface area contributed by atoms with Crippen LogP contribution in [-0.2, 0) is 26.2 Å². The van der Waals surface area contributed by atoms with E-state index >= 15 is 0 Å². The lowest BCUT2D eigenvalue weighted by atomic mass is 10.0. The molecule has 0 saturated carbocycles. The van der Waals surface area contributed by atoms with Crippen molar-refractivity contribution in [3.8, 4) is 0 Å². The van der Waals surface area contributed by atoms with Gasteiger partial charge in [0.2, 0.25) is 21.8 Å². The third-order valence-corrected chi connectivity index (χ3v) is 7.57. The van der Waals surface area contributed by atoms with E-state index in [2.05, 4.69) is 15.4 Å². The summed E-state index contributed by atoms with van der Waals surface area (Å²) < 4.78 is 28.1. The van der Waals surface area contributed by atoms with Crippen LogP contribution in [0.25, 0.3) is 0 Å². The van der Waals surface area contributed by atoms with Crippen LogP contribution in [0.15, 0.2) is 65.6 Å². The van der Waals surface area contributed by atoms with Crippen LogP contribution in [0.2, 0.25) is 0 Å². The lowest BCUT2D eigenvalue weighted by Crippen LogP contribution is -2.58. The van der Waals surface area contributed by atoms with E-state index < -0.39 is 10.0 Å². The second-order valence-corrected chi connectivity index (χ2v) is 9.99. The number of fused-ring (bicyclic) bond motifs is 1. The van der Waals surface area contributed by atoms with Crippen molar-refractivity contribution in [1.29, 1.82) is 0 Å². The summed E-state index contributed by atoms with van der Waals surface area (Å²) in [5.74, 6) is -0.126. The Kier molecular flexibility index (Phi) is 6.88. The molecule has 2 saturated heterocycles. The molecule has 8 nitrogen and oxygen atoms in total. The summed E-state index contributed by atoms with van der Waals surface area (Å²) in [7, 11) is -3.65. The predicted molar refractivity (Wildman–Crippen MR) is 120 cm³/mol. The van der Waals surface area contributed by atoms with Gasteiger partial charge in [-0.1, -0.05) is 48.5 Å². The number of hydrogen-bond acceptors (Lipinski definition) is 5. The third-order valence-electron chi connectivity index (χ3n) is 6.04. The summed E-state index contributed by atoms with van der Waals surface area (Å²) in [6.45, 7) is 1.39. The Balaban J connectivity index is 1.32. The minimum absolute atomic E-state index is 0.00796. The average molecular weight is 457 g/mol. The number of nitrogens with zero attached hydrogens (tertiary/aromatic N) is 1. The summed E-state index contributed by atoms with van der Waals surface area (Å²) in [6.07, 6.45) is 1.35. The molecule has 170 valence electrons.